The molecule has 1 aromatic carbocycles. The topological polar surface area (TPSA) is 55.1 Å². The fourth-order valence-electron chi connectivity index (χ4n) is 2.99. The SMILES string of the molecule is Cc1cc(C)c(-n2nc(C)c(CCC(=O)O)c2C)c(C)c1. The number of hydrogen-bond donors (Lipinski definition) is 1. The molecule has 0 saturated carbocycles. The minimum atomic E-state index is -0.774. The quantitative estimate of drug-likeness (QED) is 0.936. The summed E-state index contributed by atoms with van der Waals surface area (Å²) in [4.78, 5) is 10.8. The van der Waals surface area contributed by atoms with E-state index in [1.807, 2.05) is 18.5 Å². The Labute approximate surface area is 125 Å². The summed E-state index contributed by atoms with van der Waals surface area (Å²) in [7, 11) is 0. The van der Waals surface area contributed by atoms with Crippen LogP contribution in [0.1, 0.15) is 40.1 Å². The Bertz CT molecular complexity index is 676. The van der Waals surface area contributed by atoms with Crippen LogP contribution in [0.25, 0.3) is 5.69 Å². The average Bonchev–Trinajstić information content (AvgIpc) is 2.61. The molecule has 0 unspecified atom stereocenters. The molecule has 0 aliphatic carbocycles. The molecule has 0 radical (unpaired) electrons. The van der Waals surface area contributed by atoms with Crippen LogP contribution < -0.4 is 0 Å². The van der Waals surface area contributed by atoms with Crippen molar-refractivity contribution in [3.63, 3.8) is 0 Å². The lowest BCUT2D eigenvalue weighted by Crippen LogP contribution is -2.05. The zero-order valence-electron chi connectivity index (χ0n) is 13.3. The number of hydrogen-bond acceptors (Lipinski definition) is 2. The minimum absolute atomic E-state index is 0.138. The van der Waals surface area contributed by atoms with Gasteiger partial charge in [-0.2, -0.15) is 5.10 Å². The molecule has 0 aliphatic heterocycles. The second kappa shape index (κ2) is 5.72. The summed E-state index contributed by atoms with van der Waals surface area (Å²) in [5.41, 5.74) is 7.68. The maximum absolute atomic E-state index is 10.8. The standard InChI is InChI=1S/C17H22N2O2/c1-10-8-11(2)17(12(3)9-10)19-14(5)15(13(4)18-19)6-7-16(20)21/h8-9H,6-7H2,1-5H3,(H,20,21). The molecule has 0 aliphatic rings. The summed E-state index contributed by atoms with van der Waals surface area (Å²) >= 11 is 0. The summed E-state index contributed by atoms with van der Waals surface area (Å²) in [6, 6.07) is 4.30. The van der Waals surface area contributed by atoms with E-state index in [0.29, 0.717) is 6.42 Å². The molecular formula is C17H22N2O2. The van der Waals surface area contributed by atoms with E-state index < -0.39 is 5.97 Å². The van der Waals surface area contributed by atoms with Crippen LogP contribution in [0.4, 0.5) is 0 Å². The van der Waals surface area contributed by atoms with E-state index in [-0.39, 0.29) is 6.42 Å². The van der Waals surface area contributed by atoms with Crippen LogP contribution in [-0.2, 0) is 11.2 Å². The van der Waals surface area contributed by atoms with Crippen molar-refractivity contribution in [3.05, 3.63) is 45.8 Å². The van der Waals surface area contributed by atoms with Gasteiger partial charge in [0.05, 0.1) is 11.4 Å². The third-order valence-electron chi connectivity index (χ3n) is 3.88. The molecule has 1 N–H and O–H groups in total. The van der Waals surface area contributed by atoms with Crippen LogP contribution in [0.5, 0.6) is 0 Å². The maximum atomic E-state index is 10.8. The molecule has 0 spiro atoms. The first-order valence-corrected chi connectivity index (χ1v) is 7.16. The lowest BCUT2D eigenvalue weighted by atomic mass is 10.0. The van der Waals surface area contributed by atoms with Gasteiger partial charge in [-0.15, -0.1) is 0 Å². The van der Waals surface area contributed by atoms with Crippen LogP contribution in [0, 0.1) is 34.6 Å². The predicted molar refractivity (Wildman–Crippen MR) is 83.2 cm³/mol. The van der Waals surface area contributed by atoms with Crippen LogP contribution in [-0.4, -0.2) is 20.9 Å². The molecule has 4 heteroatoms. The lowest BCUT2D eigenvalue weighted by Gasteiger charge is -2.13. The van der Waals surface area contributed by atoms with Gasteiger partial charge in [-0.3, -0.25) is 4.79 Å². The van der Waals surface area contributed by atoms with Crippen molar-refractivity contribution in [3.8, 4) is 5.69 Å². The van der Waals surface area contributed by atoms with Crippen molar-refractivity contribution in [1.82, 2.24) is 9.78 Å². The fourth-order valence-corrected chi connectivity index (χ4v) is 2.99. The first kappa shape index (κ1) is 15.3. The summed E-state index contributed by atoms with van der Waals surface area (Å²) in [6.07, 6.45) is 0.663. The molecule has 0 bridgehead atoms. The van der Waals surface area contributed by atoms with E-state index in [9.17, 15) is 4.79 Å². The van der Waals surface area contributed by atoms with Crippen molar-refractivity contribution in [2.75, 3.05) is 0 Å². The highest BCUT2D eigenvalue weighted by Gasteiger charge is 2.16. The van der Waals surface area contributed by atoms with Gasteiger partial charge in [0.1, 0.15) is 0 Å². The highest BCUT2D eigenvalue weighted by molar-refractivity contribution is 5.67. The number of carboxylic acid groups (broad SMARTS) is 1. The monoisotopic (exact) mass is 286 g/mol. The van der Waals surface area contributed by atoms with Gasteiger partial charge in [0.15, 0.2) is 0 Å². The molecule has 1 aromatic heterocycles. The number of rotatable bonds is 4. The van der Waals surface area contributed by atoms with Gasteiger partial charge < -0.3 is 5.11 Å². The molecule has 0 saturated heterocycles. The Hall–Kier alpha value is -2.10. The van der Waals surface area contributed by atoms with Crippen LogP contribution in [0.15, 0.2) is 12.1 Å². The Morgan fingerprint density at radius 2 is 1.71 bits per heavy atom. The van der Waals surface area contributed by atoms with Crippen LogP contribution in [0.2, 0.25) is 0 Å². The Balaban J connectivity index is 2.51. The third-order valence-corrected chi connectivity index (χ3v) is 3.88. The summed E-state index contributed by atoms with van der Waals surface area (Å²) in [6.45, 7) is 10.2. The fraction of sp³-hybridized carbons (Fsp3) is 0.412. The second-order valence-corrected chi connectivity index (χ2v) is 5.70. The number of benzene rings is 1. The smallest absolute Gasteiger partial charge is 0.303 e. The Kier molecular flexibility index (Phi) is 4.16. The van der Waals surface area contributed by atoms with Crippen molar-refractivity contribution >= 4 is 5.97 Å². The van der Waals surface area contributed by atoms with Gasteiger partial charge in [-0.05, 0) is 57.7 Å². The van der Waals surface area contributed by atoms with Crippen molar-refractivity contribution in [2.45, 2.75) is 47.5 Å². The first-order valence-electron chi connectivity index (χ1n) is 7.16. The second-order valence-electron chi connectivity index (χ2n) is 5.70. The molecule has 0 atom stereocenters. The minimum Gasteiger partial charge on any atom is -0.481 e. The number of aromatic nitrogens is 2. The molecule has 4 nitrogen and oxygen atoms in total. The highest BCUT2D eigenvalue weighted by Crippen LogP contribution is 2.25. The van der Waals surface area contributed by atoms with Crippen molar-refractivity contribution in [2.24, 2.45) is 0 Å². The molecule has 21 heavy (non-hydrogen) atoms. The van der Waals surface area contributed by atoms with Gasteiger partial charge in [0, 0.05) is 12.1 Å². The zero-order chi connectivity index (χ0) is 15.7. The normalized spacial score (nSPS) is 10.9. The van der Waals surface area contributed by atoms with Gasteiger partial charge in [-0.1, -0.05) is 17.7 Å². The van der Waals surface area contributed by atoms with Gasteiger partial charge in [-0.25, -0.2) is 4.68 Å². The van der Waals surface area contributed by atoms with Gasteiger partial charge in [0.25, 0.3) is 0 Å². The summed E-state index contributed by atoms with van der Waals surface area (Å²) < 4.78 is 1.95. The molecule has 2 rings (SSSR count). The predicted octanol–water partition coefficient (Wildman–Crippen LogP) is 3.43. The van der Waals surface area contributed by atoms with Crippen LogP contribution >= 0.6 is 0 Å². The number of aryl methyl sites for hydroxylation is 4. The summed E-state index contributed by atoms with van der Waals surface area (Å²) in [5.74, 6) is -0.774. The van der Waals surface area contributed by atoms with E-state index in [0.717, 1.165) is 22.6 Å². The molecule has 0 fully saturated rings. The third kappa shape index (κ3) is 2.99. The van der Waals surface area contributed by atoms with E-state index in [4.69, 9.17) is 5.11 Å². The zero-order valence-corrected chi connectivity index (χ0v) is 13.3. The number of aliphatic carboxylic acids is 1. The molecule has 0 amide bonds. The van der Waals surface area contributed by atoms with E-state index >= 15 is 0 Å². The number of carboxylic acids is 1. The molecule has 1 heterocycles. The van der Waals surface area contributed by atoms with Crippen molar-refractivity contribution < 1.29 is 9.90 Å². The summed E-state index contributed by atoms with van der Waals surface area (Å²) in [5, 5.41) is 13.5. The molecular weight excluding hydrogens is 264 g/mol. The lowest BCUT2D eigenvalue weighted by molar-refractivity contribution is -0.136. The van der Waals surface area contributed by atoms with Gasteiger partial charge >= 0.3 is 5.97 Å². The maximum Gasteiger partial charge on any atom is 0.303 e. The van der Waals surface area contributed by atoms with E-state index in [1.54, 1.807) is 0 Å². The van der Waals surface area contributed by atoms with Crippen LogP contribution in [0.3, 0.4) is 0 Å². The first-order chi connectivity index (χ1) is 9.81. The van der Waals surface area contributed by atoms with E-state index in [1.165, 1.54) is 16.7 Å². The van der Waals surface area contributed by atoms with Gasteiger partial charge in [0.2, 0.25) is 0 Å². The van der Waals surface area contributed by atoms with Crippen molar-refractivity contribution in [1.29, 1.82) is 0 Å². The Morgan fingerprint density at radius 3 is 2.24 bits per heavy atom. The largest absolute Gasteiger partial charge is 0.481 e. The number of carbonyl (C=O) groups is 1. The highest BCUT2D eigenvalue weighted by atomic mass is 16.4. The Morgan fingerprint density at radius 1 is 1.14 bits per heavy atom. The molecule has 2 aromatic rings. The average molecular weight is 286 g/mol. The number of nitrogens with zero attached hydrogens (tertiary/aromatic N) is 2. The molecule has 112 valence electrons. The van der Waals surface area contributed by atoms with E-state index in [2.05, 4.69) is 38.0 Å².